The molecule has 21 heavy (non-hydrogen) atoms. The molecule has 0 radical (unpaired) electrons. The predicted molar refractivity (Wildman–Crippen MR) is 70.9 cm³/mol. The van der Waals surface area contributed by atoms with Gasteiger partial charge in [0.15, 0.2) is 5.82 Å². The number of benzene rings is 1. The minimum absolute atomic E-state index is 0.128. The molecular weight excluding hydrogens is 281 g/mol. The molecule has 1 aromatic heterocycles. The molecule has 0 fully saturated rings. The van der Waals surface area contributed by atoms with E-state index in [2.05, 4.69) is 5.10 Å². The Morgan fingerprint density at radius 3 is 2.81 bits per heavy atom. The van der Waals surface area contributed by atoms with Crippen molar-refractivity contribution in [3.63, 3.8) is 0 Å². The highest BCUT2D eigenvalue weighted by Gasteiger charge is 2.17. The summed E-state index contributed by atoms with van der Waals surface area (Å²) in [5.74, 6) is -2.64. The molecule has 2 rings (SSSR count). The second kappa shape index (κ2) is 5.61. The molecule has 8 heteroatoms. The van der Waals surface area contributed by atoms with Gasteiger partial charge in [0.2, 0.25) is 0 Å². The lowest BCUT2D eigenvalue weighted by Crippen LogP contribution is -2.07. The number of aromatic nitrogens is 2. The first-order valence-electron chi connectivity index (χ1n) is 5.98. The van der Waals surface area contributed by atoms with E-state index in [-0.39, 0.29) is 29.1 Å². The fraction of sp³-hybridized carbons (Fsp3) is 0.154. The SMILES string of the molecule is CCOC(=O)c1cnn(-c2cc(C(=O)O)c(N)cc2F)c1. The number of carbonyl (C=O) groups is 2. The first-order valence-corrected chi connectivity index (χ1v) is 5.98. The first kappa shape index (κ1) is 14.5. The summed E-state index contributed by atoms with van der Waals surface area (Å²) in [5.41, 5.74) is 5.00. The topological polar surface area (TPSA) is 107 Å². The maximum absolute atomic E-state index is 13.9. The Balaban J connectivity index is 2.45. The van der Waals surface area contributed by atoms with Gasteiger partial charge in [-0.05, 0) is 19.1 Å². The standard InChI is InChI=1S/C13H12FN3O4/c1-2-21-13(20)7-5-16-17(6-7)11-3-8(12(18)19)10(15)4-9(11)14/h3-6H,2,15H2,1H3,(H,18,19). The van der Waals surface area contributed by atoms with Gasteiger partial charge >= 0.3 is 11.9 Å². The average molecular weight is 293 g/mol. The monoisotopic (exact) mass is 293 g/mol. The van der Waals surface area contributed by atoms with Crippen LogP contribution in [0.5, 0.6) is 0 Å². The van der Waals surface area contributed by atoms with E-state index in [1.54, 1.807) is 6.92 Å². The average Bonchev–Trinajstić information content (AvgIpc) is 2.88. The molecular formula is C13H12FN3O4. The van der Waals surface area contributed by atoms with Gasteiger partial charge in [-0.2, -0.15) is 5.10 Å². The number of hydrogen-bond donors (Lipinski definition) is 2. The first-order chi connectivity index (χ1) is 9.93. The molecule has 0 amide bonds. The summed E-state index contributed by atoms with van der Waals surface area (Å²) in [5, 5.41) is 12.8. The van der Waals surface area contributed by atoms with Gasteiger partial charge in [-0.3, -0.25) is 0 Å². The number of halogens is 1. The highest BCUT2D eigenvalue weighted by Crippen LogP contribution is 2.21. The van der Waals surface area contributed by atoms with E-state index in [0.29, 0.717) is 0 Å². The fourth-order valence-corrected chi connectivity index (χ4v) is 1.71. The van der Waals surface area contributed by atoms with Crippen LogP contribution in [0.25, 0.3) is 5.69 Å². The number of anilines is 1. The minimum atomic E-state index is -1.29. The Hall–Kier alpha value is -2.90. The van der Waals surface area contributed by atoms with Gasteiger partial charge in [0.1, 0.15) is 5.69 Å². The van der Waals surface area contributed by atoms with E-state index in [1.165, 1.54) is 12.4 Å². The number of carboxylic acids is 1. The number of rotatable bonds is 4. The second-order valence-electron chi connectivity index (χ2n) is 4.09. The predicted octanol–water partition coefficient (Wildman–Crippen LogP) is 1.47. The molecule has 7 nitrogen and oxygen atoms in total. The number of esters is 1. The van der Waals surface area contributed by atoms with Crippen molar-refractivity contribution < 1.29 is 23.8 Å². The summed E-state index contributed by atoms with van der Waals surface area (Å²) in [7, 11) is 0. The molecule has 0 bridgehead atoms. The molecule has 1 heterocycles. The van der Waals surface area contributed by atoms with Gasteiger partial charge in [-0.1, -0.05) is 0 Å². The number of hydrogen-bond acceptors (Lipinski definition) is 5. The molecule has 0 aliphatic carbocycles. The summed E-state index contributed by atoms with van der Waals surface area (Å²) < 4.78 is 19.7. The van der Waals surface area contributed by atoms with Crippen molar-refractivity contribution in [1.29, 1.82) is 0 Å². The van der Waals surface area contributed by atoms with E-state index in [0.717, 1.165) is 16.8 Å². The van der Waals surface area contributed by atoms with Crippen LogP contribution in [-0.4, -0.2) is 33.4 Å². The Morgan fingerprint density at radius 1 is 1.48 bits per heavy atom. The summed E-state index contributed by atoms with van der Waals surface area (Å²) in [6.45, 7) is 1.85. The van der Waals surface area contributed by atoms with E-state index in [4.69, 9.17) is 15.6 Å². The van der Waals surface area contributed by atoms with Crippen LogP contribution >= 0.6 is 0 Å². The molecule has 0 aliphatic rings. The maximum Gasteiger partial charge on any atom is 0.341 e. The summed E-state index contributed by atoms with van der Waals surface area (Å²) in [6.07, 6.45) is 2.45. The van der Waals surface area contributed by atoms with Crippen LogP contribution in [-0.2, 0) is 4.74 Å². The molecule has 0 aliphatic heterocycles. The summed E-state index contributed by atoms with van der Waals surface area (Å²) in [4.78, 5) is 22.5. The Morgan fingerprint density at radius 2 is 2.19 bits per heavy atom. The zero-order valence-corrected chi connectivity index (χ0v) is 11.0. The van der Waals surface area contributed by atoms with Crippen LogP contribution in [0, 0.1) is 5.82 Å². The lowest BCUT2D eigenvalue weighted by atomic mass is 10.1. The zero-order valence-electron chi connectivity index (χ0n) is 11.0. The number of carbonyl (C=O) groups excluding carboxylic acids is 1. The van der Waals surface area contributed by atoms with Crippen molar-refractivity contribution in [1.82, 2.24) is 9.78 Å². The van der Waals surface area contributed by atoms with E-state index < -0.39 is 17.8 Å². The largest absolute Gasteiger partial charge is 0.478 e. The van der Waals surface area contributed by atoms with Crippen molar-refractivity contribution in [3.8, 4) is 5.69 Å². The Labute approximate surface area is 118 Å². The number of nitrogens with zero attached hydrogens (tertiary/aromatic N) is 2. The van der Waals surface area contributed by atoms with Gasteiger partial charge in [-0.25, -0.2) is 18.7 Å². The molecule has 0 saturated heterocycles. The highest BCUT2D eigenvalue weighted by atomic mass is 19.1. The maximum atomic E-state index is 13.9. The normalized spacial score (nSPS) is 10.4. The van der Waals surface area contributed by atoms with Crippen LogP contribution in [0.3, 0.4) is 0 Å². The lowest BCUT2D eigenvalue weighted by molar-refractivity contribution is 0.0525. The van der Waals surface area contributed by atoms with Crippen molar-refractivity contribution in [2.24, 2.45) is 0 Å². The highest BCUT2D eigenvalue weighted by molar-refractivity contribution is 5.94. The van der Waals surface area contributed by atoms with Crippen LogP contribution in [0.2, 0.25) is 0 Å². The van der Waals surface area contributed by atoms with E-state index in [9.17, 15) is 14.0 Å². The number of carboxylic acid groups (broad SMARTS) is 1. The number of ether oxygens (including phenoxy) is 1. The third-order valence-electron chi connectivity index (χ3n) is 2.69. The Bertz CT molecular complexity index is 711. The molecule has 0 unspecified atom stereocenters. The van der Waals surface area contributed by atoms with Crippen molar-refractivity contribution in [2.45, 2.75) is 6.92 Å². The van der Waals surface area contributed by atoms with Crippen molar-refractivity contribution >= 4 is 17.6 Å². The van der Waals surface area contributed by atoms with Crippen LogP contribution in [0.15, 0.2) is 24.5 Å². The lowest BCUT2D eigenvalue weighted by Gasteiger charge is -2.07. The molecule has 0 atom stereocenters. The van der Waals surface area contributed by atoms with E-state index in [1.807, 2.05) is 0 Å². The minimum Gasteiger partial charge on any atom is -0.478 e. The van der Waals surface area contributed by atoms with Gasteiger partial charge in [0.05, 0.1) is 23.9 Å². The molecule has 0 spiro atoms. The summed E-state index contributed by atoms with van der Waals surface area (Å²) in [6, 6.07) is 1.94. The van der Waals surface area contributed by atoms with Gasteiger partial charge in [0, 0.05) is 11.9 Å². The Kier molecular flexibility index (Phi) is 3.88. The molecule has 3 N–H and O–H groups in total. The van der Waals surface area contributed by atoms with Crippen LogP contribution in [0.4, 0.5) is 10.1 Å². The number of nitrogens with two attached hydrogens (primary N) is 1. The smallest absolute Gasteiger partial charge is 0.341 e. The quantitative estimate of drug-likeness (QED) is 0.653. The van der Waals surface area contributed by atoms with Crippen LogP contribution < -0.4 is 5.73 Å². The second-order valence-corrected chi connectivity index (χ2v) is 4.09. The van der Waals surface area contributed by atoms with Gasteiger partial charge in [0.25, 0.3) is 0 Å². The van der Waals surface area contributed by atoms with Crippen molar-refractivity contribution in [3.05, 3.63) is 41.5 Å². The van der Waals surface area contributed by atoms with Crippen molar-refractivity contribution in [2.75, 3.05) is 12.3 Å². The number of nitrogen functional groups attached to an aromatic ring is 1. The van der Waals surface area contributed by atoms with Crippen LogP contribution in [0.1, 0.15) is 27.6 Å². The van der Waals surface area contributed by atoms with Gasteiger partial charge < -0.3 is 15.6 Å². The summed E-state index contributed by atoms with van der Waals surface area (Å²) >= 11 is 0. The third-order valence-corrected chi connectivity index (χ3v) is 2.69. The molecule has 1 aromatic carbocycles. The fourth-order valence-electron chi connectivity index (χ4n) is 1.71. The molecule has 2 aromatic rings. The molecule has 110 valence electrons. The zero-order chi connectivity index (χ0) is 15.6. The van der Waals surface area contributed by atoms with E-state index >= 15 is 0 Å². The van der Waals surface area contributed by atoms with Gasteiger partial charge in [-0.15, -0.1) is 0 Å². The number of aromatic carboxylic acids is 1. The molecule has 0 saturated carbocycles. The third kappa shape index (κ3) is 2.83.